The molecule has 1 aromatic rings. The molecule has 0 bridgehead atoms. The Balaban J connectivity index is 2.65. The smallest absolute Gasteiger partial charge is 0.303 e. The van der Waals surface area contributed by atoms with E-state index in [4.69, 9.17) is 5.11 Å². The Morgan fingerprint density at radius 3 is 2.76 bits per heavy atom. The van der Waals surface area contributed by atoms with E-state index < -0.39 is 5.97 Å². The first kappa shape index (κ1) is 14.5. The normalized spacial score (nSPS) is 11.1. The maximum Gasteiger partial charge on any atom is 0.303 e. The van der Waals surface area contributed by atoms with E-state index in [1.54, 1.807) is 11.3 Å². The third kappa shape index (κ3) is 5.08. The fraction of sp³-hybridized carbons (Fsp3) is 0.667. The van der Waals surface area contributed by atoms with Crippen molar-refractivity contribution in [2.24, 2.45) is 0 Å². The molecule has 0 spiro atoms. The molecule has 0 atom stereocenters. The van der Waals surface area contributed by atoms with Crippen LogP contribution >= 0.6 is 23.1 Å². The van der Waals surface area contributed by atoms with Crippen molar-refractivity contribution in [2.45, 2.75) is 51.0 Å². The molecule has 1 rings (SSSR count). The van der Waals surface area contributed by atoms with Crippen molar-refractivity contribution in [3.63, 3.8) is 0 Å². The number of nitrogens with zero attached hydrogens (tertiary/aromatic N) is 1. The first-order valence-corrected chi connectivity index (χ1v) is 7.70. The van der Waals surface area contributed by atoms with Crippen molar-refractivity contribution in [2.75, 3.05) is 0 Å². The van der Waals surface area contributed by atoms with Gasteiger partial charge >= 0.3 is 5.97 Å². The molecule has 0 aliphatic rings. The van der Waals surface area contributed by atoms with E-state index in [0.29, 0.717) is 11.7 Å². The number of carbonyl (C=O) groups is 1. The van der Waals surface area contributed by atoms with Gasteiger partial charge in [-0.25, -0.2) is 4.98 Å². The van der Waals surface area contributed by atoms with Gasteiger partial charge in [0, 0.05) is 10.6 Å². The number of aryl methyl sites for hydroxylation is 2. The highest BCUT2D eigenvalue weighted by atomic mass is 32.2. The number of rotatable bonds is 7. The van der Waals surface area contributed by atoms with Gasteiger partial charge in [-0.15, -0.1) is 11.3 Å². The van der Waals surface area contributed by atoms with E-state index in [1.807, 2.05) is 11.8 Å². The van der Waals surface area contributed by atoms with Crippen molar-refractivity contribution in [3.05, 3.63) is 15.6 Å². The van der Waals surface area contributed by atoms with Crippen molar-refractivity contribution >= 4 is 29.1 Å². The number of hydrogen-bond donors (Lipinski definition) is 1. The molecule has 0 aliphatic heterocycles. The first-order valence-electron chi connectivity index (χ1n) is 5.83. The maximum absolute atomic E-state index is 10.6. The molecule has 1 N–H and O–H groups in total. The monoisotopic (exact) mass is 273 g/mol. The van der Waals surface area contributed by atoms with Gasteiger partial charge in [-0.2, -0.15) is 11.8 Å². The predicted octanol–water partition coefficient (Wildman–Crippen LogP) is 3.36. The minimum absolute atomic E-state index is 0.200. The second kappa shape index (κ2) is 7.01. The summed E-state index contributed by atoms with van der Waals surface area (Å²) < 4.78 is 0. The van der Waals surface area contributed by atoms with Crippen LogP contribution in [0.25, 0.3) is 0 Å². The molecule has 17 heavy (non-hydrogen) atoms. The van der Waals surface area contributed by atoms with Crippen LogP contribution in [0.1, 0.15) is 42.8 Å². The molecule has 0 saturated heterocycles. The van der Waals surface area contributed by atoms with Crippen LogP contribution in [0.3, 0.4) is 0 Å². The van der Waals surface area contributed by atoms with Crippen LogP contribution in [0.4, 0.5) is 0 Å². The van der Waals surface area contributed by atoms with Gasteiger partial charge in [0.15, 0.2) is 0 Å². The molecule has 0 aliphatic carbocycles. The highest BCUT2D eigenvalue weighted by Gasteiger charge is 2.11. The Kier molecular flexibility index (Phi) is 5.98. The quantitative estimate of drug-likeness (QED) is 0.827. The van der Waals surface area contributed by atoms with Gasteiger partial charge in [-0.05, 0) is 18.1 Å². The SMILES string of the molecule is CCc1nc(CSC(C)C)sc1CCC(=O)O. The van der Waals surface area contributed by atoms with Crippen LogP contribution in [0.2, 0.25) is 0 Å². The zero-order valence-electron chi connectivity index (χ0n) is 10.5. The summed E-state index contributed by atoms with van der Waals surface area (Å²) in [6.45, 7) is 6.41. The fourth-order valence-electron chi connectivity index (χ4n) is 1.43. The Morgan fingerprint density at radius 1 is 1.53 bits per heavy atom. The summed E-state index contributed by atoms with van der Waals surface area (Å²) in [5.74, 6) is 0.195. The molecule has 5 heteroatoms. The zero-order chi connectivity index (χ0) is 12.8. The molecule has 1 aromatic heterocycles. The summed E-state index contributed by atoms with van der Waals surface area (Å²) in [6, 6.07) is 0. The van der Waals surface area contributed by atoms with Gasteiger partial charge in [0.1, 0.15) is 5.01 Å². The number of aromatic nitrogens is 1. The molecule has 1 heterocycles. The Morgan fingerprint density at radius 2 is 2.24 bits per heavy atom. The summed E-state index contributed by atoms with van der Waals surface area (Å²) in [5, 5.41) is 10.4. The van der Waals surface area contributed by atoms with Crippen LogP contribution in [0, 0.1) is 0 Å². The largest absolute Gasteiger partial charge is 0.481 e. The fourth-order valence-corrected chi connectivity index (χ4v) is 3.36. The second-order valence-electron chi connectivity index (χ2n) is 4.08. The van der Waals surface area contributed by atoms with Gasteiger partial charge in [-0.3, -0.25) is 4.79 Å². The Labute approximate surface area is 111 Å². The average molecular weight is 273 g/mol. The third-order valence-electron chi connectivity index (χ3n) is 2.26. The number of hydrogen-bond acceptors (Lipinski definition) is 4. The summed E-state index contributed by atoms with van der Waals surface area (Å²) >= 11 is 3.55. The van der Waals surface area contributed by atoms with E-state index in [1.165, 1.54) is 0 Å². The minimum Gasteiger partial charge on any atom is -0.481 e. The van der Waals surface area contributed by atoms with Gasteiger partial charge < -0.3 is 5.11 Å². The standard InChI is InChI=1S/C12H19NO2S2/c1-4-9-10(5-6-12(14)15)17-11(13-9)7-16-8(2)3/h8H,4-7H2,1-3H3,(H,14,15). The summed E-state index contributed by atoms with van der Waals surface area (Å²) in [5.41, 5.74) is 1.08. The van der Waals surface area contributed by atoms with Crippen LogP contribution in [-0.2, 0) is 23.4 Å². The van der Waals surface area contributed by atoms with Crippen LogP contribution in [-0.4, -0.2) is 21.3 Å². The van der Waals surface area contributed by atoms with E-state index >= 15 is 0 Å². The van der Waals surface area contributed by atoms with Gasteiger partial charge in [0.2, 0.25) is 0 Å². The Hall–Kier alpha value is -0.550. The number of aliphatic carboxylic acids is 1. The minimum atomic E-state index is -0.737. The molecule has 0 amide bonds. The number of carboxylic acid groups (broad SMARTS) is 1. The molecule has 0 unspecified atom stereocenters. The van der Waals surface area contributed by atoms with E-state index in [0.717, 1.165) is 27.8 Å². The lowest BCUT2D eigenvalue weighted by Crippen LogP contribution is -1.98. The van der Waals surface area contributed by atoms with E-state index in [9.17, 15) is 4.79 Å². The number of thioether (sulfide) groups is 1. The van der Waals surface area contributed by atoms with Crippen LogP contribution < -0.4 is 0 Å². The molecule has 3 nitrogen and oxygen atoms in total. The summed E-state index contributed by atoms with van der Waals surface area (Å²) in [4.78, 5) is 16.3. The second-order valence-corrected chi connectivity index (χ2v) is 6.82. The molecule has 0 radical (unpaired) electrons. The third-order valence-corrected chi connectivity index (χ3v) is 4.71. The van der Waals surface area contributed by atoms with E-state index in [2.05, 4.69) is 25.8 Å². The van der Waals surface area contributed by atoms with Gasteiger partial charge in [0.25, 0.3) is 0 Å². The summed E-state index contributed by atoms with van der Waals surface area (Å²) in [6.07, 6.45) is 1.70. The highest BCUT2D eigenvalue weighted by Crippen LogP contribution is 2.25. The van der Waals surface area contributed by atoms with Crippen molar-refractivity contribution in [1.29, 1.82) is 0 Å². The molecule has 0 fully saturated rings. The van der Waals surface area contributed by atoms with Crippen molar-refractivity contribution in [1.82, 2.24) is 4.98 Å². The first-order chi connectivity index (χ1) is 8.02. The van der Waals surface area contributed by atoms with Crippen LogP contribution in [0.15, 0.2) is 0 Å². The van der Waals surface area contributed by atoms with Gasteiger partial charge in [0.05, 0.1) is 12.1 Å². The lowest BCUT2D eigenvalue weighted by molar-refractivity contribution is -0.136. The topological polar surface area (TPSA) is 50.2 Å². The van der Waals surface area contributed by atoms with E-state index in [-0.39, 0.29) is 6.42 Å². The molecule has 96 valence electrons. The lowest BCUT2D eigenvalue weighted by atomic mass is 10.2. The number of carboxylic acids is 1. The van der Waals surface area contributed by atoms with Gasteiger partial charge in [-0.1, -0.05) is 20.8 Å². The molecular weight excluding hydrogens is 254 g/mol. The van der Waals surface area contributed by atoms with Crippen LogP contribution in [0.5, 0.6) is 0 Å². The summed E-state index contributed by atoms with van der Waals surface area (Å²) in [7, 11) is 0. The number of thiazole rings is 1. The van der Waals surface area contributed by atoms with Crippen molar-refractivity contribution < 1.29 is 9.90 Å². The molecule has 0 aromatic carbocycles. The maximum atomic E-state index is 10.6. The average Bonchev–Trinajstić information content (AvgIpc) is 2.66. The van der Waals surface area contributed by atoms with Crippen molar-refractivity contribution in [3.8, 4) is 0 Å². The predicted molar refractivity (Wildman–Crippen MR) is 73.9 cm³/mol. The molecular formula is C12H19NO2S2. The zero-order valence-corrected chi connectivity index (χ0v) is 12.2. The lowest BCUT2D eigenvalue weighted by Gasteiger charge is -2.00. The Bertz CT molecular complexity index is 375. The highest BCUT2D eigenvalue weighted by molar-refractivity contribution is 7.99. The molecule has 0 saturated carbocycles.